The lowest BCUT2D eigenvalue weighted by Gasteiger charge is -2.12. The molecule has 1 amide bonds. The Morgan fingerprint density at radius 2 is 1.76 bits per heavy atom. The largest absolute Gasteiger partial charge is 0.494 e. The molecule has 1 aromatic heterocycles. The molecule has 6 heteroatoms. The molecule has 0 spiro atoms. The molecule has 0 radical (unpaired) electrons. The number of carbonyl (C=O) groups is 1. The number of imidazole rings is 1. The first kappa shape index (κ1) is 26.7. The van der Waals surface area contributed by atoms with Crippen molar-refractivity contribution >= 4 is 28.5 Å². The standard InChI is InChI=1S/C31H36ClN3O2/c1-3-23(2)24-14-18-27(19-15-24)37-22-7-6-21-35-29-10-5-4-9-28(29)34-30(35)11-8-20-33-31(36)25-12-16-26(32)17-13-25/h4-5,9-10,12-19,23H,3,6-8,11,20-22H2,1-2H3,(H,33,36). The number of hydrogen-bond acceptors (Lipinski definition) is 3. The van der Waals surface area contributed by atoms with Crippen molar-refractivity contribution < 1.29 is 9.53 Å². The van der Waals surface area contributed by atoms with Gasteiger partial charge in [0.15, 0.2) is 0 Å². The summed E-state index contributed by atoms with van der Waals surface area (Å²) in [5.74, 6) is 2.48. The number of benzene rings is 3. The van der Waals surface area contributed by atoms with E-state index in [4.69, 9.17) is 21.3 Å². The van der Waals surface area contributed by atoms with Crippen LogP contribution in [0.25, 0.3) is 11.0 Å². The Labute approximate surface area is 224 Å². The number of nitrogens with one attached hydrogen (secondary N) is 1. The molecular weight excluding hydrogens is 482 g/mol. The van der Waals surface area contributed by atoms with Crippen LogP contribution in [0.15, 0.2) is 72.8 Å². The van der Waals surface area contributed by atoms with Crippen LogP contribution < -0.4 is 10.1 Å². The van der Waals surface area contributed by atoms with Gasteiger partial charge in [-0.3, -0.25) is 4.79 Å². The second-order valence-electron chi connectivity index (χ2n) is 9.47. The van der Waals surface area contributed by atoms with E-state index in [1.807, 2.05) is 6.07 Å². The summed E-state index contributed by atoms with van der Waals surface area (Å²) in [6.45, 7) is 6.64. The van der Waals surface area contributed by atoms with Crippen LogP contribution in [0.5, 0.6) is 5.75 Å². The van der Waals surface area contributed by atoms with Crippen LogP contribution in [0.3, 0.4) is 0 Å². The first-order valence-electron chi connectivity index (χ1n) is 13.3. The van der Waals surface area contributed by atoms with Crippen molar-refractivity contribution in [3.63, 3.8) is 0 Å². The molecule has 4 rings (SSSR count). The smallest absolute Gasteiger partial charge is 0.251 e. The van der Waals surface area contributed by atoms with Crippen LogP contribution in [-0.2, 0) is 13.0 Å². The Hall–Kier alpha value is -3.31. The molecule has 0 aliphatic carbocycles. The fraction of sp³-hybridized carbons (Fsp3) is 0.355. The molecule has 1 atom stereocenters. The maximum Gasteiger partial charge on any atom is 0.251 e. The molecular formula is C31H36ClN3O2. The molecule has 1 N–H and O–H groups in total. The fourth-order valence-electron chi connectivity index (χ4n) is 4.41. The Bertz CT molecular complexity index is 1280. The van der Waals surface area contributed by atoms with E-state index < -0.39 is 0 Å². The van der Waals surface area contributed by atoms with Crippen molar-refractivity contribution in [1.29, 1.82) is 0 Å². The van der Waals surface area contributed by atoms with Crippen molar-refractivity contribution in [3.8, 4) is 5.75 Å². The molecule has 37 heavy (non-hydrogen) atoms. The number of aryl methyl sites for hydroxylation is 2. The van der Waals surface area contributed by atoms with E-state index in [0.29, 0.717) is 29.7 Å². The first-order valence-corrected chi connectivity index (χ1v) is 13.6. The van der Waals surface area contributed by atoms with Gasteiger partial charge in [-0.1, -0.05) is 49.7 Å². The second-order valence-corrected chi connectivity index (χ2v) is 9.91. The van der Waals surface area contributed by atoms with Crippen molar-refractivity contribution in [2.45, 2.75) is 58.4 Å². The van der Waals surface area contributed by atoms with Crippen molar-refractivity contribution in [2.75, 3.05) is 13.2 Å². The normalized spacial score (nSPS) is 12.0. The Morgan fingerprint density at radius 3 is 2.51 bits per heavy atom. The van der Waals surface area contributed by atoms with Crippen LogP contribution >= 0.6 is 11.6 Å². The monoisotopic (exact) mass is 517 g/mol. The molecule has 4 aromatic rings. The zero-order chi connectivity index (χ0) is 26.0. The van der Waals surface area contributed by atoms with Gasteiger partial charge in [-0.25, -0.2) is 4.98 Å². The van der Waals surface area contributed by atoms with E-state index in [0.717, 1.165) is 61.3 Å². The molecule has 0 saturated carbocycles. The van der Waals surface area contributed by atoms with Gasteiger partial charge in [-0.2, -0.15) is 0 Å². The highest BCUT2D eigenvalue weighted by molar-refractivity contribution is 6.30. The molecule has 0 aliphatic rings. The lowest BCUT2D eigenvalue weighted by atomic mass is 9.99. The van der Waals surface area contributed by atoms with Crippen LogP contribution in [0, 0.1) is 0 Å². The molecule has 194 valence electrons. The van der Waals surface area contributed by atoms with Crippen molar-refractivity contribution in [3.05, 3.63) is 94.8 Å². The minimum atomic E-state index is -0.0836. The highest BCUT2D eigenvalue weighted by Gasteiger charge is 2.11. The average molecular weight is 518 g/mol. The Balaban J connectivity index is 1.26. The highest BCUT2D eigenvalue weighted by Crippen LogP contribution is 2.22. The minimum Gasteiger partial charge on any atom is -0.494 e. The predicted octanol–water partition coefficient (Wildman–Crippen LogP) is 7.43. The summed E-state index contributed by atoms with van der Waals surface area (Å²) in [7, 11) is 0. The summed E-state index contributed by atoms with van der Waals surface area (Å²) in [6.07, 6.45) is 4.73. The van der Waals surface area contributed by atoms with Gasteiger partial charge >= 0.3 is 0 Å². The van der Waals surface area contributed by atoms with E-state index in [1.54, 1.807) is 24.3 Å². The van der Waals surface area contributed by atoms with Crippen LogP contribution in [0.1, 0.15) is 67.2 Å². The van der Waals surface area contributed by atoms with Crippen molar-refractivity contribution in [2.24, 2.45) is 0 Å². The molecule has 0 fully saturated rings. The predicted molar refractivity (Wildman–Crippen MR) is 152 cm³/mol. The summed E-state index contributed by atoms with van der Waals surface area (Å²) in [5, 5.41) is 3.62. The molecule has 1 unspecified atom stereocenters. The Morgan fingerprint density at radius 1 is 1.00 bits per heavy atom. The lowest BCUT2D eigenvalue weighted by Crippen LogP contribution is -2.25. The molecule has 5 nitrogen and oxygen atoms in total. The number of unbranched alkanes of at least 4 members (excludes halogenated alkanes) is 1. The van der Waals surface area contributed by atoms with Gasteiger partial charge in [-0.05, 0) is 85.7 Å². The zero-order valence-electron chi connectivity index (χ0n) is 21.8. The van der Waals surface area contributed by atoms with E-state index in [9.17, 15) is 4.79 Å². The van der Waals surface area contributed by atoms with E-state index >= 15 is 0 Å². The third kappa shape index (κ3) is 7.36. The average Bonchev–Trinajstić information content (AvgIpc) is 3.28. The number of amides is 1. The number of para-hydroxylation sites is 2. The summed E-state index contributed by atoms with van der Waals surface area (Å²) in [4.78, 5) is 17.2. The van der Waals surface area contributed by atoms with E-state index in [-0.39, 0.29) is 5.91 Å². The number of halogens is 1. The minimum absolute atomic E-state index is 0.0836. The molecule has 0 aliphatic heterocycles. The number of rotatable bonds is 13. The number of ether oxygens (including phenoxy) is 1. The lowest BCUT2D eigenvalue weighted by molar-refractivity contribution is 0.0953. The summed E-state index contributed by atoms with van der Waals surface area (Å²) in [5.41, 5.74) is 4.15. The van der Waals surface area contributed by atoms with Gasteiger partial charge in [0, 0.05) is 30.1 Å². The number of fused-ring (bicyclic) bond motifs is 1. The molecule has 0 bridgehead atoms. The van der Waals surface area contributed by atoms with Crippen LogP contribution in [-0.4, -0.2) is 28.6 Å². The van der Waals surface area contributed by atoms with Gasteiger partial charge in [0.2, 0.25) is 0 Å². The fourth-order valence-corrected chi connectivity index (χ4v) is 4.53. The summed E-state index contributed by atoms with van der Waals surface area (Å²) >= 11 is 5.91. The number of aromatic nitrogens is 2. The first-order chi connectivity index (χ1) is 18.0. The van der Waals surface area contributed by atoms with E-state index in [2.05, 4.69) is 66.2 Å². The number of hydrogen-bond donors (Lipinski definition) is 1. The van der Waals surface area contributed by atoms with Gasteiger partial charge in [-0.15, -0.1) is 0 Å². The third-order valence-corrected chi connectivity index (χ3v) is 7.06. The van der Waals surface area contributed by atoms with Gasteiger partial charge < -0.3 is 14.6 Å². The van der Waals surface area contributed by atoms with E-state index in [1.165, 1.54) is 5.56 Å². The number of carbonyl (C=O) groups excluding carboxylic acids is 1. The van der Waals surface area contributed by atoms with Crippen LogP contribution in [0.4, 0.5) is 0 Å². The summed E-state index contributed by atoms with van der Waals surface area (Å²) < 4.78 is 8.30. The topological polar surface area (TPSA) is 56.1 Å². The highest BCUT2D eigenvalue weighted by atomic mass is 35.5. The zero-order valence-corrected chi connectivity index (χ0v) is 22.5. The quantitative estimate of drug-likeness (QED) is 0.188. The molecule has 3 aromatic carbocycles. The molecule has 0 saturated heterocycles. The number of nitrogens with zero attached hydrogens (tertiary/aromatic N) is 2. The Kier molecular flexibility index (Phi) is 9.61. The summed E-state index contributed by atoms with van der Waals surface area (Å²) in [6, 6.07) is 23.7. The van der Waals surface area contributed by atoms with Crippen molar-refractivity contribution in [1.82, 2.24) is 14.9 Å². The maximum absolute atomic E-state index is 12.4. The SMILES string of the molecule is CCC(C)c1ccc(OCCCCn2c(CCCNC(=O)c3ccc(Cl)cc3)nc3ccccc32)cc1. The van der Waals surface area contributed by atoms with Gasteiger partial charge in [0.1, 0.15) is 11.6 Å². The second kappa shape index (κ2) is 13.3. The third-order valence-electron chi connectivity index (χ3n) is 6.81. The van der Waals surface area contributed by atoms with Gasteiger partial charge in [0.25, 0.3) is 5.91 Å². The maximum atomic E-state index is 12.4. The van der Waals surface area contributed by atoms with Crippen LogP contribution in [0.2, 0.25) is 5.02 Å². The molecule has 1 heterocycles. The van der Waals surface area contributed by atoms with Gasteiger partial charge in [0.05, 0.1) is 17.6 Å².